The van der Waals surface area contributed by atoms with Crippen LogP contribution in [0.1, 0.15) is 51.4 Å². The van der Waals surface area contributed by atoms with E-state index in [2.05, 4.69) is 16.0 Å². The van der Waals surface area contributed by atoms with E-state index in [0.29, 0.717) is 56.9 Å². The van der Waals surface area contributed by atoms with E-state index in [1.165, 1.54) is 11.8 Å². The molecule has 212 valence electrons. The lowest BCUT2D eigenvalue weighted by molar-refractivity contribution is -0.145. The molecular formula is C21H30N4O11S2. The molecule has 0 aliphatic carbocycles. The molecule has 0 unspecified atom stereocenters. The fraction of sp³-hybridized carbons (Fsp3) is 0.619. The van der Waals surface area contributed by atoms with Gasteiger partial charge in [0.2, 0.25) is 11.8 Å². The predicted molar refractivity (Wildman–Crippen MR) is 131 cm³/mol. The number of carbonyl (C=O) groups is 4. The topological polar surface area (TPSA) is 234 Å². The van der Waals surface area contributed by atoms with Crippen molar-refractivity contribution < 1.29 is 52.3 Å². The van der Waals surface area contributed by atoms with Crippen molar-refractivity contribution in [3.63, 3.8) is 0 Å². The molecule has 38 heavy (non-hydrogen) atoms. The third-order valence-corrected chi connectivity index (χ3v) is 8.84. The van der Waals surface area contributed by atoms with Crippen molar-refractivity contribution in [1.29, 1.82) is 0 Å². The van der Waals surface area contributed by atoms with Crippen molar-refractivity contribution in [3.05, 3.63) is 6.07 Å². The fourth-order valence-corrected chi connectivity index (χ4v) is 6.67. The lowest BCUT2D eigenvalue weighted by Gasteiger charge is -2.32. The molecule has 3 heterocycles. The van der Waals surface area contributed by atoms with Gasteiger partial charge in [-0.1, -0.05) is 12.8 Å². The molecule has 1 aromatic heterocycles. The van der Waals surface area contributed by atoms with Crippen LogP contribution in [0, 0.1) is 0 Å². The van der Waals surface area contributed by atoms with Gasteiger partial charge in [0.25, 0.3) is 16.0 Å². The lowest BCUT2D eigenvalue weighted by Crippen LogP contribution is -2.56. The standard InChI is InChI=1S/C21H30N4O11S2/c26-14-10-13(38(33,34)35)18(30)25(14)36-16(29)7-2-1-5-9-22-19(31)21(8-4-3-6-15(27)28)17-12(11-37-21)23-20(32)24-17/h10,12,17,26,30H,1-9,11H2,(H,22,31)(H,27,28)(H2,23,24,32)(H,33,34,35)/t12-,17-,21-/m0/s1. The Labute approximate surface area is 222 Å². The van der Waals surface area contributed by atoms with Crippen LogP contribution in [0.2, 0.25) is 0 Å². The molecule has 1 aromatic rings. The quantitative estimate of drug-likeness (QED) is 0.0875. The second-order valence-electron chi connectivity index (χ2n) is 8.99. The molecule has 0 aromatic carbocycles. The van der Waals surface area contributed by atoms with Gasteiger partial charge in [0.1, 0.15) is 4.75 Å². The van der Waals surface area contributed by atoms with E-state index in [1.807, 2.05) is 0 Å². The van der Waals surface area contributed by atoms with Crippen LogP contribution < -0.4 is 20.8 Å². The summed E-state index contributed by atoms with van der Waals surface area (Å²) in [5, 5.41) is 36.8. The van der Waals surface area contributed by atoms with Gasteiger partial charge in [-0.2, -0.15) is 8.42 Å². The summed E-state index contributed by atoms with van der Waals surface area (Å²) in [7, 11) is -4.84. The highest BCUT2D eigenvalue weighted by molar-refractivity contribution is 8.01. The van der Waals surface area contributed by atoms with Crippen LogP contribution in [0.25, 0.3) is 0 Å². The second-order valence-corrected chi connectivity index (χ2v) is 11.7. The van der Waals surface area contributed by atoms with Gasteiger partial charge in [0, 0.05) is 31.2 Å². The fourth-order valence-electron chi connectivity index (χ4n) is 4.45. The molecule has 7 N–H and O–H groups in total. The van der Waals surface area contributed by atoms with Crippen molar-refractivity contribution in [1.82, 2.24) is 20.7 Å². The van der Waals surface area contributed by atoms with Crippen LogP contribution in [0.3, 0.4) is 0 Å². The zero-order chi connectivity index (χ0) is 28.1. The number of rotatable bonds is 14. The van der Waals surface area contributed by atoms with Crippen LogP contribution in [0.4, 0.5) is 4.79 Å². The van der Waals surface area contributed by atoms with Crippen LogP contribution in [-0.2, 0) is 24.5 Å². The number of nitrogens with zero attached hydrogens (tertiary/aromatic N) is 1. The summed E-state index contributed by atoms with van der Waals surface area (Å²) in [6.45, 7) is 0.293. The minimum Gasteiger partial charge on any atom is -0.492 e. The van der Waals surface area contributed by atoms with Crippen molar-refractivity contribution in [2.75, 3.05) is 12.3 Å². The Kier molecular flexibility index (Phi) is 9.37. The molecule has 2 aliphatic rings. The third kappa shape index (κ3) is 6.82. The summed E-state index contributed by atoms with van der Waals surface area (Å²) in [6.07, 6.45) is 2.50. The molecular weight excluding hydrogens is 548 g/mol. The van der Waals surface area contributed by atoms with Crippen LogP contribution in [-0.4, -0.2) is 86.0 Å². The number of urea groups is 1. The van der Waals surface area contributed by atoms with Crippen molar-refractivity contribution in [2.24, 2.45) is 0 Å². The minimum absolute atomic E-state index is 0.00519. The molecule has 3 rings (SSSR count). The van der Waals surface area contributed by atoms with E-state index in [1.54, 1.807) is 0 Å². The second kappa shape index (κ2) is 12.1. The van der Waals surface area contributed by atoms with E-state index in [4.69, 9.17) is 14.5 Å². The zero-order valence-corrected chi connectivity index (χ0v) is 21.8. The first-order valence-electron chi connectivity index (χ1n) is 11.9. The lowest BCUT2D eigenvalue weighted by atomic mass is 9.88. The molecule has 2 saturated heterocycles. The van der Waals surface area contributed by atoms with E-state index < -0.39 is 49.5 Å². The number of thioether (sulfide) groups is 1. The number of fused-ring (bicyclic) bond motifs is 1. The molecule has 17 heteroatoms. The molecule has 3 amide bonds. The van der Waals surface area contributed by atoms with Crippen molar-refractivity contribution >= 4 is 45.8 Å². The van der Waals surface area contributed by atoms with Gasteiger partial charge in [-0.15, -0.1) is 16.5 Å². The number of hydrogen-bond donors (Lipinski definition) is 7. The zero-order valence-electron chi connectivity index (χ0n) is 20.2. The maximum absolute atomic E-state index is 13.2. The highest BCUT2D eigenvalue weighted by Gasteiger charge is 2.57. The van der Waals surface area contributed by atoms with E-state index in [-0.39, 0.29) is 35.6 Å². The number of aromatic nitrogens is 1. The van der Waals surface area contributed by atoms with Gasteiger partial charge >= 0.3 is 18.0 Å². The SMILES string of the molecule is O=C(O)CCCC[C@]1(C(=O)NCCCCCC(=O)On2c(O)cc(S(=O)(=O)O)c2O)SC[C@@H]2NC(=O)N[C@@H]21. The summed E-state index contributed by atoms with van der Waals surface area (Å²) in [5.41, 5.74) is 0. The van der Waals surface area contributed by atoms with Crippen LogP contribution in [0.15, 0.2) is 11.0 Å². The molecule has 15 nitrogen and oxygen atoms in total. The third-order valence-electron chi connectivity index (χ3n) is 6.30. The molecule has 2 fully saturated rings. The van der Waals surface area contributed by atoms with Gasteiger partial charge in [-0.05, 0) is 25.7 Å². The molecule has 0 saturated carbocycles. The van der Waals surface area contributed by atoms with E-state index in [9.17, 15) is 37.8 Å². The number of carbonyl (C=O) groups excluding carboxylic acids is 3. The largest absolute Gasteiger partial charge is 0.492 e. The number of carboxylic acid groups (broad SMARTS) is 1. The van der Waals surface area contributed by atoms with Gasteiger partial charge in [0.05, 0.1) is 12.1 Å². The maximum atomic E-state index is 13.2. The molecule has 0 bridgehead atoms. The number of aliphatic carboxylic acids is 1. The Hall–Kier alpha value is -3.18. The average molecular weight is 579 g/mol. The van der Waals surface area contributed by atoms with Gasteiger partial charge in [-0.3, -0.25) is 14.1 Å². The van der Waals surface area contributed by atoms with Gasteiger partial charge in [0.15, 0.2) is 4.90 Å². The van der Waals surface area contributed by atoms with E-state index in [0.717, 1.165) is 0 Å². The first kappa shape index (κ1) is 29.4. The number of aromatic hydroxyl groups is 2. The Balaban J connectivity index is 1.44. The Morgan fingerprint density at radius 2 is 1.84 bits per heavy atom. The summed E-state index contributed by atoms with van der Waals surface area (Å²) >= 11 is 1.44. The smallest absolute Gasteiger partial charge is 0.333 e. The monoisotopic (exact) mass is 578 g/mol. The van der Waals surface area contributed by atoms with Crippen molar-refractivity contribution in [2.45, 2.75) is 73.1 Å². The van der Waals surface area contributed by atoms with Crippen LogP contribution in [0.5, 0.6) is 11.8 Å². The number of hydrogen-bond acceptors (Lipinski definition) is 10. The number of nitrogens with one attached hydrogen (secondary N) is 3. The average Bonchev–Trinajstić information content (AvgIpc) is 3.46. The van der Waals surface area contributed by atoms with E-state index >= 15 is 0 Å². The maximum Gasteiger partial charge on any atom is 0.333 e. The number of unbranched alkanes of at least 4 members (excludes halogenated alkanes) is 3. The van der Waals surface area contributed by atoms with Gasteiger partial charge < -0.3 is 36.1 Å². The Morgan fingerprint density at radius 3 is 2.50 bits per heavy atom. The van der Waals surface area contributed by atoms with Gasteiger partial charge in [-0.25, -0.2) is 9.59 Å². The minimum atomic E-state index is -4.84. The van der Waals surface area contributed by atoms with Crippen LogP contribution >= 0.6 is 11.8 Å². The first-order chi connectivity index (χ1) is 17.8. The highest BCUT2D eigenvalue weighted by Crippen LogP contribution is 2.44. The molecule has 3 atom stereocenters. The highest BCUT2D eigenvalue weighted by atomic mass is 32.2. The summed E-state index contributed by atoms with van der Waals surface area (Å²) in [5.74, 6) is -3.54. The normalized spacial score (nSPS) is 22.4. The molecule has 0 radical (unpaired) electrons. The molecule has 2 aliphatic heterocycles. The Bertz CT molecular complexity index is 1190. The Morgan fingerprint density at radius 1 is 1.13 bits per heavy atom. The number of carboxylic acids is 1. The molecule has 0 spiro atoms. The number of amides is 3. The predicted octanol–water partition coefficient (Wildman–Crippen LogP) is -0.0416. The summed E-state index contributed by atoms with van der Waals surface area (Å²) in [4.78, 5) is 51.6. The first-order valence-corrected chi connectivity index (χ1v) is 14.3. The van der Waals surface area contributed by atoms with Crippen molar-refractivity contribution in [3.8, 4) is 11.8 Å². The summed E-state index contributed by atoms with van der Waals surface area (Å²) < 4.78 is 30.5. The summed E-state index contributed by atoms with van der Waals surface area (Å²) in [6, 6.07) is -0.429.